The molecule has 0 aromatic heterocycles. The second-order valence-electron chi connectivity index (χ2n) is 8.64. The van der Waals surface area contributed by atoms with Crippen LogP contribution >= 0.6 is 0 Å². The summed E-state index contributed by atoms with van der Waals surface area (Å²) in [6, 6.07) is 13.1. The molecule has 7 nitrogen and oxygen atoms in total. The maximum atomic E-state index is 13.5. The van der Waals surface area contributed by atoms with Crippen molar-refractivity contribution in [3.8, 4) is 11.5 Å². The Balaban J connectivity index is 2.04. The number of rotatable bonds is 10. The molecule has 0 aliphatic carbocycles. The van der Waals surface area contributed by atoms with Crippen molar-refractivity contribution >= 4 is 17.4 Å². The van der Waals surface area contributed by atoms with Gasteiger partial charge < -0.3 is 24.4 Å². The maximum absolute atomic E-state index is 13.5. The van der Waals surface area contributed by atoms with E-state index >= 15 is 0 Å². The molecule has 1 heterocycles. The molecular weight excluding hydrogens is 432 g/mol. The quantitative estimate of drug-likeness (QED) is 0.327. The van der Waals surface area contributed by atoms with Crippen LogP contribution in [0, 0.1) is 0 Å². The normalized spacial score (nSPS) is 17.6. The zero-order valence-electron chi connectivity index (χ0n) is 20.6. The van der Waals surface area contributed by atoms with E-state index in [2.05, 4.69) is 13.8 Å². The fourth-order valence-electron chi connectivity index (χ4n) is 4.23. The van der Waals surface area contributed by atoms with Crippen LogP contribution in [0.3, 0.4) is 0 Å². The molecule has 1 aliphatic heterocycles. The van der Waals surface area contributed by atoms with E-state index in [1.807, 2.05) is 13.8 Å². The third-order valence-electron chi connectivity index (χ3n) is 6.16. The van der Waals surface area contributed by atoms with E-state index in [1.165, 1.54) is 4.90 Å². The zero-order valence-corrected chi connectivity index (χ0v) is 20.6. The predicted molar refractivity (Wildman–Crippen MR) is 128 cm³/mol. The first-order valence-electron chi connectivity index (χ1n) is 11.8. The molecular formula is C27H34N2O5. The number of likely N-dealkylation sites (N-methyl/N-ethyl adjacent to an activating group) is 1. The molecule has 1 aliphatic rings. The lowest BCUT2D eigenvalue weighted by Gasteiger charge is -2.28. The van der Waals surface area contributed by atoms with Gasteiger partial charge in [0.2, 0.25) is 5.78 Å². The first kappa shape index (κ1) is 25.3. The number of likely N-dealkylation sites (tertiary alicyclic amines) is 1. The Morgan fingerprint density at radius 3 is 2.12 bits per heavy atom. The summed E-state index contributed by atoms with van der Waals surface area (Å²) < 4.78 is 10.9. The number of hydrogen-bond donors (Lipinski definition) is 1. The summed E-state index contributed by atoms with van der Waals surface area (Å²) in [5.41, 5.74) is 1.04. The van der Waals surface area contributed by atoms with Gasteiger partial charge in [-0.05, 0) is 63.1 Å². The van der Waals surface area contributed by atoms with E-state index in [9.17, 15) is 14.7 Å². The van der Waals surface area contributed by atoms with Gasteiger partial charge in [-0.15, -0.1) is 0 Å². The Hall–Kier alpha value is -3.32. The maximum Gasteiger partial charge on any atom is 0.295 e. The minimum Gasteiger partial charge on any atom is -0.872 e. The third kappa shape index (κ3) is 5.42. The number of carbonyl (C=O) groups excluding carboxylic acids is 2. The fourth-order valence-corrected chi connectivity index (χ4v) is 4.23. The van der Waals surface area contributed by atoms with Gasteiger partial charge in [-0.3, -0.25) is 9.59 Å². The molecule has 1 saturated heterocycles. The lowest BCUT2D eigenvalue weighted by Crippen LogP contribution is -3.12. The van der Waals surface area contributed by atoms with Gasteiger partial charge >= 0.3 is 0 Å². The molecule has 1 amide bonds. The molecule has 0 spiro atoms. The Kier molecular flexibility index (Phi) is 8.34. The van der Waals surface area contributed by atoms with Crippen LogP contribution in [0.25, 0.3) is 5.76 Å². The number of carbonyl (C=O) groups is 2. The highest BCUT2D eigenvalue weighted by molar-refractivity contribution is 6.46. The van der Waals surface area contributed by atoms with Crippen molar-refractivity contribution in [1.82, 2.24) is 4.90 Å². The van der Waals surface area contributed by atoms with Gasteiger partial charge in [0.15, 0.2) is 0 Å². The summed E-state index contributed by atoms with van der Waals surface area (Å²) >= 11 is 0. The molecule has 182 valence electrons. The van der Waals surface area contributed by atoms with Gasteiger partial charge in [0.25, 0.3) is 5.91 Å². The van der Waals surface area contributed by atoms with E-state index in [0.717, 1.165) is 13.1 Å². The molecule has 7 heteroatoms. The zero-order chi connectivity index (χ0) is 24.8. The summed E-state index contributed by atoms with van der Waals surface area (Å²) in [6.07, 6.45) is 0.00547. The number of Topliss-reactive ketones (excluding diaryl/α,β-unsaturated/α-hetero) is 1. The van der Waals surface area contributed by atoms with Crippen LogP contribution in [-0.4, -0.2) is 56.0 Å². The molecule has 1 N–H and O–H groups in total. The number of methoxy groups -OCH3 is 1. The Morgan fingerprint density at radius 1 is 1.00 bits per heavy atom. The highest BCUT2D eigenvalue weighted by Crippen LogP contribution is 2.39. The second-order valence-corrected chi connectivity index (χ2v) is 8.64. The molecule has 1 fully saturated rings. The number of benzene rings is 2. The lowest BCUT2D eigenvalue weighted by atomic mass is 9.95. The van der Waals surface area contributed by atoms with E-state index in [0.29, 0.717) is 35.7 Å². The monoisotopic (exact) mass is 466 g/mol. The summed E-state index contributed by atoms with van der Waals surface area (Å²) in [5.74, 6) is -0.501. The van der Waals surface area contributed by atoms with Crippen molar-refractivity contribution in [2.24, 2.45) is 0 Å². The molecule has 2 aromatic carbocycles. The van der Waals surface area contributed by atoms with Crippen LogP contribution < -0.4 is 19.5 Å². The van der Waals surface area contributed by atoms with Gasteiger partial charge in [-0.25, -0.2) is 0 Å². The number of hydrogen-bond acceptors (Lipinski definition) is 5. The molecule has 2 aromatic rings. The van der Waals surface area contributed by atoms with Crippen molar-refractivity contribution in [2.45, 2.75) is 39.8 Å². The summed E-state index contributed by atoms with van der Waals surface area (Å²) in [5, 5.41) is 13.5. The number of nitrogens with one attached hydrogen (secondary N) is 1. The molecule has 1 unspecified atom stereocenters. The number of ether oxygens (including phenoxy) is 2. The number of quaternary nitrogens is 1. The highest BCUT2D eigenvalue weighted by atomic mass is 16.5. The third-order valence-corrected chi connectivity index (χ3v) is 6.16. The minimum atomic E-state index is -0.736. The van der Waals surface area contributed by atoms with Crippen LogP contribution in [0.5, 0.6) is 11.5 Å². The SMILES string of the molecule is CC[NH+](CC)CCN1C(=O)C(=O)/C(=C(/[O-])c2ccc(OC(C)C)cc2)C1c1ccc(OC)cc1. The summed E-state index contributed by atoms with van der Waals surface area (Å²) in [4.78, 5) is 29.1. The summed E-state index contributed by atoms with van der Waals surface area (Å²) in [6.45, 7) is 10.9. The number of nitrogens with zero attached hydrogens (tertiary/aromatic N) is 1. The largest absolute Gasteiger partial charge is 0.872 e. The van der Waals surface area contributed by atoms with Crippen molar-refractivity contribution in [3.05, 3.63) is 65.2 Å². The molecule has 1 atom stereocenters. The van der Waals surface area contributed by atoms with E-state index in [-0.39, 0.29) is 11.7 Å². The van der Waals surface area contributed by atoms with Gasteiger partial charge in [0, 0.05) is 5.57 Å². The van der Waals surface area contributed by atoms with Crippen molar-refractivity contribution in [2.75, 3.05) is 33.3 Å². The molecule has 0 saturated carbocycles. The Morgan fingerprint density at radius 2 is 1.59 bits per heavy atom. The van der Waals surface area contributed by atoms with E-state index in [4.69, 9.17) is 9.47 Å². The van der Waals surface area contributed by atoms with E-state index < -0.39 is 23.5 Å². The molecule has 34 heavy (non-hydrogen) atoms. The van der Waals surface area contributed by atoms with Crippen LogP contribution in [0.2, 0.25) is 0 Å². The van der Waals surface area contributed by atoms with Gasteiger partial charge in [0.05, 0.1) is 45.4 Å². The Bertz CT molecular complexity index is 1020. The second kappa shape index (κ2) is 11.2. The van der Waals surface area contributed by atoms with Gasteiger partial charge in [-0.1, -0.05) is 30.0 Å². The highest BCUT2D eigenvalue weighted by Gasteiger charge is 2.44. The first-order chi connectivity index (χ1) is 16.3. The average Bonchev–Trinajstić information content (AvgIpc) is 3.09. The smallest absolute Gasteiger partial charge is 0.295 e. The molecule has 0 bridgehead atoms. The standard InChI is InChI=1S/C27H34N2O5/c1-6-28(7-2)16-17-29-24(19-8-12-21(33-5)13-9-19)23(26(31)27(29)32)25(30)20-10-14-22(15-11-20)34-18(3)4/h8-15,18,24,30H,6-7,16-17H2,1-5H3/b25-23+. The number of amides is 1. The van der Waals surface area contributed by atoms with E-state index in [1.54, 1.807) is 60.5 Å². The fraction of sp³-hybridized carbons (Fsp3) is 0.407. The lowest BCUT2D eigenvalue weighted by molar-refractivity contribution is -0.895. The predicted octanol–water partition coefficient (Wildman–Crippen LogP) is 1.63. The van der Waals surface area contributed by atoms with Crippen LogP contribution in [0.15, 0.2) is 54.1 Å². The van der Waals surface area contributed by atoms with Crippen LogP contribution in [0.1, 0.15) is 44.9 Å². The van der Waals surface area contributed by atoms with Crippen LogP contribution in [-0.2, 0) is 9.59 Å². The van der Waals surface area contributed by atoms with Crippen LogP contribution in [0.4, 0.5) is 0 Å². The average molecular weight is 467 g/mol. The van der Waals surface area contributed by atoms with Crippen molar-refractivity contribution in [1.29, 1.82) is 0 Å². The van der Waals surface area contributed by atoms with Gasteiger partial charge in [-0.2, -0.15) is 0 Å². The minimum absolute atomic E-state index is 0.00547. The van der Waals surface area contributed by atoms with Crippen molar-refractivity contribution < 1.29 is 29.1 Å². The topological polar surface area (TPSA) is 83.3 Å². The molecule has 0 radical (unpaired) electrons. The first-order valence-corrected chi connectivity index (χ1v) is 11.8. The Labute approximate surface area is 201 Å². The summed E-state index contributed by atoms with van der Waals surface area (Å²) in [7, 11) is 1.57. The van der Waals surface area contributed by atoms with Crippen molar-refractivity contribution in [3.63, 3.8) is 0 Å². The number of ketones is 1. The molecule has 3 rings (SSSR count). The van der Waals surface area contributed by atoms with Gasteiger partial charge in [0.1, 0.15) is 11.5 Å².